The van der Waals surface area contributed by atoms with Crippen LogP contribution >= 0.6 is 23.2 Å². The van der Waals surface area contributed by atoms with Crippen LogP contribution in [-0.2, 0) is 22.6 Å². The van der Waals surface area contributed by atoms with Crippen molar-refractivity contribution in [1.29, 1.82) is 0 Å². The van der Waals surface area contributed by atoms with Gasteiger partial charge in [-0.1, -0.05) is 77.3 Å². The van der Waals surface area contributed by atoms with Crippen LogP contribution in [0.5, 0.6) is 5.75 Å². The van der Waals surface area contributed by atoms with Gasteiger partial charge in [0, 0.05) is 42.0 Å². The molecule has 0 bridgehead atoms. The molecule has 0 aliphatic carbocycles. The molecule has 2 amide bonds. The molecule has 3 rings (SSSR count). The number of aryl methyl sites for hydroxylation is 1. The molecule has 1 unspecified atom stereocenters. The van der Waals surface area contributed by atoms with Gasteiger partial charge >= 0.3 is 0 Å². The minimum Gasteiger partial charge on any atom is -0.494 e. The van der Waals surface area contributed by atoms with Crippen LogP contribution in [0.3, 0.4) is 0 Å². The third kappa shape index (κ3) is 7.74. The second-order valence-electron chi connectivity index (χ2n) is 8.31. The number of halogens is 2. The topological polar surface area (TPSA) is 58.6 Å². The number of likely N-dealkylation sites (N-methyl/N-ethyl adjacent to an activating group) is 1. The van der Waals surface area contributed by atoms with E-state index in [1.165, 1.54) is 0 Å². The summed E-state index contributed by atoms with van der Waals surface area (Å²) in [6.45, 7) is 2.53. The minimum atomic E-state index is -0.722. The second-order valence-corrected chi connectivity index (χ2v) is 9.12. The first kappa shape index (κ1) is 26.6. The number of hydrogen-bond donors (Lipinski definition) is 1. The van der Waals surface area contributed by atoms with E-state index in [1.54, 1.807) is 30.1 Å². The summed E-state index contributed by atoms with van der Waals surface area (Å²) >= 11 is 12.8. The lowest BCUT2D eigenvalue weighted by molar-refractivity contribution is -0.141. The van der Waals surface area contributed by atoms with Gasteiger partial charge in [0.1, 0.15) is 11.8 Å². The van der Waals surface area contributed by atoms with Gasteiger partial charge in [0.2, 0.25) is 11.8 Å². The van der Waals surface area contributed by atoms with Crippen LogP contribution in [0, 0.1) is 6.92 Å². The van der Waals surface area contributed by atoms with E-state index in [-0.39, 0.29) is 24.8 Å². The standard InChI is InChI=1S/C28H30Cl2N2O3/c1-20-13-15-22(16-14-20)35-17-7-12-27(33)32(19-23-24(29)10-6-11-25(23)30)26(28(34)31-2)18-21-8-4-3-5-9-21/h3-6,8-11,13-16,26H,7,12,17-19H2,1-2H3,(H,31,34). The third-order valence-corrected chi connectivity index (χ3v) is 6.44. The van der Waals surface area contributed by atoms with Crippen LogP contribution < -0.4 is 10.1 Å². The van der Waals surface area contributed by atoms with E-state index in [4.69, 9.17) is 27.9 Å². The van der Waals surface area contributed by atoms with Gasteiger partial charge in [-0.15, -0.1) is 0 Å². The number of hydrogen-bond acceptors (Lipinski definition) is 3. The zero-order valence-electron chi connectivity index (χ0n) is 20.0. The molecule has 0 fully saturated rings. The van der Waals surface area contributed by atoms with Crippen molar-refractivity contribution in [2.45, 2.75) is 38.8 Å². The average Bonchev–Trinajstić information content (AvgIpc) is 2.86. The molecule has 35 heavy (non-hydrogen) atoms. The number of carbonyl (C=O) groups excluding carboxylic acids is 2. The van der Waals surface area contributed by atoms with Crippen molar-refractivity contribution in [3.8, 4) is 5.75 Å². The van der Waals surface area contributed by atoms with Crippen LogP contribution in [0.25, 0.3) is 0 Å². The maximum absolute atomic E-state index is 13.5. The Labute approximate surface area is 217 Å². The highest BCUT2D eigenvalue weighted by Gasteiger charge is 2.30. The molecular weight excluding hydrogens is 483 g/mol. The molecule has 3 aromatic rings. The summed E-state index contributed by atoms with van der Waals surface area (Å²) in [5, 5.41) is 3.61. The van der Waals surface area contributed by atoms with E-state index in [0.29, 0.717) is 35.1 Å². The van der Waals surface area contributed by atoms with E-state index in [1.807, 2.05) is 61.5 Å². The van der Waals surface area contributed by atoms with E-state index in [0.717, 1.165) is 16.9 Å². The van der Waals surface area contributed by atoms with Gasteiger partial charge in [-0.25, -0.2) is 0 Å². The van der Waals surface area contributed by atoms with Gasteiger partial charge in [-0.2, -0.15) is 0 Å². The molecule has 0 saturated carbocycles. The summed E-state index contributed by atoms with van der Waals surface area (Å²) in [5.74, 6) is 0.342. The highest BCUT2D eigenvalue weighted by molar-refractivity contribution is 6.36. The van der Waals surface area contributed by atoms with Crippen LogP contribution in [-0.4, -0.2) is 36.4 Å². The molecule has 1 atom stereocenters. The zero-order chi connectivity index (χ0) is 25.2. The van der Waals surface area contributed by atoms with Gasteiger partial charge in [0.25, 0.3) is 0 Å². The summed E-state index contributed by atoms with van der Waals surface area (Å²) in [6, 6.07) is 21.9. The first-order valence-corrected chi connectivity index (χ1v) is 12.3. The molecule has 0 saturated heterocycles. The van der Waals surface area contributed by atoms with Crippen molar-refractivity contribution in [2.75, 3.05) is 13.7 Å². The molecular formula is C28H30Cl2N2O3. The minimum absolute atomic E-state index is 0.126. The van der Waals surface area contributed by atoms with E-state index in [2.05, 4.69) is 5.32 Å². The SMILES string of the molecule is CNC(=O)C(Cc1ccccc1)N(Cc1c(Cl)cccc1Cl)C(=O)CCCOc1ccc(C)cc1. The number of ether oxygens (including phenoxy) is 1. The molecule has 3 aromatic carbocycles. The number of carbonyl (C=O) groups is 2. The Kier molecular flexibility index (Phi) is 10.0. The smallest absolute Gasteiger partial charge is 0.242 e. The van der Waals surface area contributed by atoms with Gasteiger partial charge in [-0.05, 0) is 43.2 Å². The highest BCUT2D eigenvalue weighted by atomic mass is 35.5. The predicted octanol–water partition coefficient (Wildman–Crippen LogP) is 5.85. The quantitative estimate of drug-likeness (QED) is 0.328. The predicted molar refractivity (Wildman–Crippen MR) is 141 cm³/mol. The molecule has 7 heteroatoms. The Hall–Kier alpha value is -3.02. The highest BCUT2D eigenvalue weighted by Crippen LogP contribution is 2.27. The number of rotatable bonds is 11. The van der Waals surface area contributed by atoms with Gasteiger partial charge < -0.3 is 15.0 Å². The van der Waals surface area contributed by atoms with Gasteiger partial charge in [-0.3, -0.25) is 9.59 Å². The average molecular weight is 513 g/mol. The summed E-state index contributed by atoms with van der Waals surface area (Å²) < 4.78 is 5.78. The monoisotopic (exact) mass is 512 g/mol. The lowest BCUT2D eigenvalue weighted by Gasteiger charge is -2.31. The normalized spacial score (nSPS) is 11.5. The fraction of sp³-hybridized carbons (Fsp3) is 0.286. The summed E-state index contributed by atoms with van der Waals surface area (Å²) in [6.07, 6.45) is 1.09. The second kappa shape index (κ2) is 13.2. The zero-order valence-corrected chi connectivity index (χ0v) is 21.5. The Morgan fingerprint density at radius 3 is 2.23 bits per heavy atom. The van der Waals surface area contributed by atoms with Crippen molar-refractivity contribution in [1.82, 2.24) is 10.2 Å². The fourth-order valence-corrected chi connectivity index (χ4v) is 4.28. The van der Waals surface area contributed by atoms with Crippen LogP contribution in [0.1, 0.15) is 29.5 Å². The number of amides is 2. The van der Waals surface area contributed by atoms with Gasteiger partial charge in [0.15, 0.2) is 0 Å². The first-order valence-electron chi connectivity index (χ1n) is 11.6. The Bertz CT molecular complexity index is 1100. The molecule has 0 aliphatic rings. The Balaban J connectivity index is 1.79. The molecule has 5 nitrogen and oxygen atoms in total. The Morgan fingerprint density at radius 2 is 1.60 bits per heavy atom. The molecule has 1 N–H and O–H groups in total. The first-order chi connectivity index (χ1) is 16.9. The van der Waals surface area contributed by atoms with Crippen molar-refractivity contribution in [3.63, 3.8) is 0 Å². The van der Waals surface area contributed by atoms with E-state index >= 15 is 0 Å². The van der Waals surface area contributed by atoms with Crippen molar-refractivity contribution in [2.24, 2.45) is 0 Å². The Morgan fingerprint density at radius 1 is 0.943 bits per heavy atom. The van der Waals surface area contributed by atoms with Crippen LogP contribution in [0.15, 0.2) is 72.8 Å². The number of nitrogens with one attached hydrogen (secondary N) is 1. The number of benzene rings is 3. The van der Waals surface area contributed by atoms with Gasteiger partial charge in [0.05, 0.1) is 6.61 Å². The lowest BCUT2D eigenvalue weighted by atomic mass is 10.0. The van der Waals surface area contributed by atoms with E-state index in [9.17, 15) is 9.59 Å². The lowest BCUT2D eigenvalue weighted by Crippen LogP contribution is -2.49. The fourth-order valence-electron chi connectivity index (χ4n) is 3.77. The van der Waals surface area contributed by atoms with E-state index < -0.39 is 6.04 Å². The summed E-state index contributed by atoms with van der Waals surface area (Å²) in [5.41, 5.74) is 2.72. The maximum atomic E-state index is 13.5. The third-order valence-electron chi connectivity index (χ3n) is 5.73. The van der Waals surface area contributed by atoms with Crippen LogP contribution in [0.4, 0.5) is 0 Å². The van der Waals surface area contributed by atoms with Crippen molar-refractivity contribution in [3.05, 3.63) is 99.5 Å². The molecule has 0 aromatic heterocycles. The molecule has 0 radical (unpaired) electrons. The number of nitrogens with zero attached hydrogens (tertiary/aromatic N) is 1. The summed E-state index contributed by atoms with van der Waals surface area (Å²) in [4.78, 5) is 28.0. The van der Waals surface area contributed by atoms with Crippen molar-refractivity contribution < 1.29 is 14.3 Å². The van der Waals surface area contributed by atoms with Crippen molar-refractivity contribution >= 4 is 35.0 Å². The molecule has 0 spiro atoms. The maximum Gasteiger partial charge on any atom is 0.242 e. The summed E-state index contributed by atoms with van der Waals surface area (Å²) in [7, 11) is 1.57. The molecule has 184 valence electrons. The van der Waals surface area contributed by atoms with Crippen LogP contribution in [0.2, 0.25) is 10.0 Å². The largest absolute Gasteiger partial charge is 0.494 e. The molecule has 0 aliphatic heterocycles. The molecule has 0 heterocycles.